The summed E-state index contributed by atoms with van der Waals surface area (Å²) in [5.74, 6) is 0.703. The summed E-state index contributed by atoms with van der Waals surface area (Å²) in [5.41, 5.74) is 0. The number of methoxy groups -OCH3 is 1. The quantitative estimate of drug-likeness (QED) is 0.545. The van der Waals surface area contributed by atoms with Crippen LogP contribution in [0.15, 0.2) is 0 Å². The zero-order valence-corrected chi connectivity index (χ0v) is 13.2. The van der Waals surface area contributed by atoms with E-state index in [0.29, 0.717) is 12.0 Å². The molecule has 0 aliphatic heterocycles. The van der Waals surface area contributed by atoms with E-state index in [2.05, 4.69) is 37.9 Å². The topological polar surface area (TPSA) is 24.5 Å². The fourth-order valence-corrected chi connectivity index (χ4v) is 2.43. The Bertz CT molecular complexity index is 172. The number of hydrogen-bond acceptors (Lipinski definition) is 3. The molecule has 0 saturated carbocycles. The lowest BCUT2D eigenvalue weighted by Crippen LogP contribution is -2.41. The van der Waals surface area contributed by atoms with Crippen molar-refractivity contribution < 1.29 is 4.74 Å². The molecule has 0 spiro atoms. The zero-order chi connectivity index (χ0) is 13.8. The second kappa shape index (κ2) is 11.9. The summed E-state index contributed by atoms with van der Waals surface area (Å²) in [5, 5.41) is 3.51. The van der Waals surface area contributed by atoms with E-state index in [1.165, 1.54) is 25.8 Å². The molecule has 0 aromatic carbocycles. The van der Waals surface area contributed by atoms with Gasteiger partial charge in [0.15, 0.2) is 0 Å². The fourth-order valence-electron chi connectivity index (χ4n) is 2.43. The van der Waals surface area contributed by atoms with Crippen LogP contribution >= 0.6 is 0 Å². The highest BCUT2D eigenvalue weighted by atomic mass is 16.5. The van der Waals surface area contributed by atoms with Crippen LogP contribution in [0.1, 0.15) is 47.0 Å². The Kier molecular flexibility index (Phi) is 11.9. The van der Waals surface area contributed by atoms with Gasteiger partial charge in [0.05, 0.1) is 6.61 Å². The first-order valence-electron chi connectivity index (χ1n) is 7.63. The third-order valence-corrected chi connectivity index (χ3v) is 3.51. The predicted molar refractivity (Wildman–Crippen MR) is 80.1 cm³/mol. The van der Waals surface area contributed by atoms with Crippen LogP contribution in [0.25, 0.3) is 0 Å². The Hall–Kier alpha value is -0.120. The molecule has 0 aliphatic rings. The molecule has 3 nitrogen and oxygen atoms in total. The summed E-state index contributed by atoms with van der Waals surface area (Å²) >= 11 is 0. The molecule has 0 amide bonds. The molecule has 1 unspecified atom stereocenters. The molecule has 1 atom stereocenters. The molecule has 0 aliphatic carbocycles. The van der Waals surface area contributed by atoms with E-state index < -0.39 is 0 Å². The van der Waals surface area contributed by atoms with Crippen molar-refractivity contribution in [1.82, 2.24) is 10.2 Å². The van der Waals surface area contributed by atoms with Crippen molar-refractivity contribution in [3.05, 3.63) is 0 Å². The van der Waals surface area contributed by atoms with E-state index in [0.717, 1.165) is 26.2 Å². The maximum Gasteiger partial charge on any atom is 0.0589 e. The molecule has 0 saturated heterocycles. The molecular formula is C15H34N2O. The van der Waals surface area contributed by atoms with Crippen LogP contribution in [0.5, 0.6) is 0 Å². The van der Waals surface area contributed by atoms with E-state index in [9.17, 15) is 0 Å². The van der Waals surface area contributed by atoms with Crippen LogP contribution in [0.3, 0.4) is 0 Å². The Morgan fingerprint density at radius 1 is 1.17 bits per heavy atom. The molecule has 110 valence electrons. The minimum atomic E-state index is 0.703. The van der Waals surface area contributed by atoms with Gasteiger partial charge in [-0.25, -0.2) is 0 Å². The number of hydrogen-bond donors (Lipinski definition) is 1. The summed E-state index contributed by atoms with van der Waals surface area (Å²) in [6.45, 7) is 14.4. The van der Waals surface area contributed by atoms with Crippen molar-refractivity contribution in [2.24, 2.45) is 5.92 Å². The first-order chi connectivity index (χ1) is 8.69. The smallest absolute Gasteiger partial charge is 0.0589 e. The fraction of sp³-hybridized carbons (Fsp3) is 1.00. The van der Waals surface area contributed by atoms with E-state index in [4.69, 9.17) is 4.74 Å². The molecule has 0 heterocycles. The molecule has 0 bridgehead atoms. The van der Waals surface area contributed by atoms with Crippen molar-refractivity contribution in [3.63, 3.8) is 0 Å². The molecule has 0 fully saturated rings. The Morgan fingerprint density at radius 2 is 1.83 bits per heavy atom. The number of nitrogens with zero attached hydrogens (tertiary/aromatic N) is 1. The van der Waals surface area contributed by atoms with Crippen LogP contribution in [-0.2, 0) is 4.74 Å². The van der Waals surface area contributed by atoms with Gasteiger partial charge in [0.1, 0.15) is 0 Å². The van der Waals surface area contributed by atoms with Crippen molar-refractivity contribution in [2.75, 3.05) is 39.9 Å². The van der Waals surface area contributed by atoms with Gasteiger partial charge in [-0.05, 0) is 38.3 Å². The molecule has 3 heteroatoms. The lowest BCUT2D eigenvalue weighted by atomic mass is 10.1. The Balaban J connectivity index is 4.11. The van der Waals surface area contributed by atoms with Gasteiger partial charge >= 0.3 is 0 Å². The van der Waals surface area contributed by atoms with Crippen molar-refractivity contribution in [2.45, 2.75) is 53.0 Å². The average Bonchev–Trinajstić information content (AvgIpc) is 2.37. The van der Waals surface area contributed by atoms with Crippen molar-refractivity contribution in [1.29, 1.82) is 0 Å². The highest BCUT2D eigenvalue weighted by molar-refractivity contribution is 4.72. The second-order valence-corrected chi connectivity index (χ2v) is 5.27. The van der Waals surface area contributed by atoms with Crippen LogP contribution in [-0.4, -0.2) is 50.8 Å². The number of rotatable bonds is 12. The van der Waals surface area contributed by atoms with Gasteiger partial charge in [0.25, 0.3) is 0 Å². The maximum absolute atomic E-state index is 5.23. The van der Waals surface area contributed by atoms with Gasteiger partial charge < -0.3 is 10.1 Å². The van der Waals surface area contributed by atoms with E-state index in [1.54, 1.807) is 7.11 Å². The summed E-state index contributed by atoms with van der Waals surface area (Å²) in [6, 6.07) is 0.703. The van der Waals surface area contributed by atoms with Crippen LogP contribution in [0, 0.1) is 5.92 Å². The molecule has 0 aromatic heterocycles. The minimum absolute atomic E-state index is 0.703. The molecule has 18 heavy (non-hydrogen) atoms. The minimum Gasteiger partial charge on any atom is -0.383 e. The lowest BCUT2D eigenvalue weighted by Gasteiger charge is -2.32. The molecular weight excluding hydrogens is 224 g/mol. The van der Waals surface area contributed by atoms with Crippen LogP contribution < -0.4 is 5.32 Å². The third kappa shape index (κ3) is 8.06. The maximum atomic E-state index is 5.23. The Morgan fingerprint density at radius 3 is 2.33 bits per heavy atom. The van der Waals surface area contributed by atoms with Gasteiger partial charge in [0, 0.05) is 26.2 Å². The normalized spacial score (nSPS) is 13.5. The van der Waals surface area contributed by atoms with Gasteiger partial charge in [0.2, 0.25) is 0 Å². The van der Waals surface area contributed by atoms with Gasteiger partial charge in [-0.15, -0.1) is 0 Å². The van der Waals surface area contributed by atoms with Gasteiger partial charge in [-0.3, -0.25) is 4.90 Å². The van der Waals surface area contributed by atoms with E-state index >= 15 is 0 Å². The van der Waals surface area contributed by atoms with E-state index in [-0.39, 0.29) is 0 Å². The third-order valence-electron chi connectivity index (χ3n) is 3.51. The number of nitrogens with one attached hydrogen (secondary N) is 1. The molecule has 1 N–H and O–H groups in total. The van der Waals surface area contributed by atoms with Crippen molar-refractivity contribution >= 4 is 0 Å². The van der Waals surface area contributed by atoms with Gasteiger partial charge in [-0.2, -0.15) is 0 Å². The largest absolute Gasteiger partial charge is 0.383 e. The van der Waals surface area contributed by atoms with E-state index in [1.807, 2.05) is 0 Å². The van der Waals surface area contributed by atoms with Gasteiger partial charge in [-0.1, -0.05) is 27.7 Å². The Labute approximate surface area is 114 Å². The highest BCUT2D eigenvalue weighted by Gasteiger charge is 2.17. The summed E-state index contributed by atoms with van der Waals surface area (Å²) < 4.78 is 5.23. The summed E-state index contributed by atoms with van der Waals surface area (Å²) in [4.78, 5) is 2.60. The zero-order valence-electron chi connectivity index (χ0n) is 13.2. The number of ether oxygens (including phenoxy) is 1. The second-order valence-electron chi connectivity index (χ2n) is 5.27. The summed E-state index contributed by atoms with van der Waals surface area (Å²) in [6.07, 6.45) is 3.68. The van der Waals surface area contributed by atoms with Crippen LogP contribution in [0.4, 0.5) is 0 Å². The molecule has 0 radical (unpaired) electrons. The monoisotopic (exact) mass is 258 g/mol. The molecule has 0 aromatic rings. The highest BCUT2D eigenvalue weighted by Crippen LogP contribution is 2.11. The first-order valence-corrected chi connectivity index (χ1v) is 7.63. The van der Waals surface area contributed by atoms with Crippen LogP contribution in [0.2, 0.25) is 0 Å². The van der Waals surface area contributed by atoms with Crippen molar-refractivity contribution in [3.8, 4) is 0 Å². The average molecular weight is 258 g/mol. The summed E-state index contributed by atoms with van der Waals surface area (Å²) in [7, 11) is 1.79. The standard InChI is InChI=1S/C15H34N2O/c1-6-9-16-12-14(4)13-17(10-11-18-5)15(7-2)8-3/h14-16H,6-13H2,1-5H3. The SMILES string of the molecule is CCCNCC(C)CN(CCOC)C(CC)CC. The predicted octanol–water partition coefficient (Wildman–Crippen LogP) is 2.76. The first kappa shape index (κ1) is 17.9. The molecule has 0 rings (SSSR count). The lowest BCUT2D eigenvalue weighted by molar-refractivity contribution is 0.103.